The quantitative estimate of drug-likeness (QED) is 0.314. The molecule has 0 aliphatic heterocycles. The molecule has 0 atom stereocenters. The summed E-state index contributed by atoms with van der Waals surface area (Å²) in [5.41, 5.74) is 13.5. The maximum Gasteiger partial charge on any atom is 0.0684 e. The summed E-state index contributed by atoms with van der Waals surface area (Å²) in [7, 11) is 0. The Morgan fingerprint density at radius 1 is 1.09 bits per heavy atom. The molecule has 114 valence electrons. The molecule has 22 heavy (non-hydrogen) atoms. The summed E-state index contributed by atoms with van der Waals surface area (Å²) in [4.78, 5) is 7.15. The number of pyridine rings is 1. The number of hydrogen-bond acceptors (Lipinski definition) is 2. The second kappa shape index (κ2) is 6.82. The van der Waals surface area contributed by atoms with Crippen molar-refractivity contribution in [1.29, 1.82) is 0 Å². The molecule has 1 aromatic heterocycles. The monoisotopic (exact) mass is 314 g/mol. The lowest BCUT2D eigenvalue weighted by Gasteiger charge is -2.19. The highest BCUT2D eigenvalue weighted by molar-refractivity contribution is 6.16. The molecule has 1 aromatic carbocycles. The van der Waals surface area contributed by atoms with Gasteiger partial charge in [-0.3, -0.25) is 4.98 Å². The van der Waals surface area contributed by atoms with E-state index in [1.807, 2.05) is 12.1 Å². The van der Waals surface area contributed by atoms with Gasteiger partial charge < -0.3 is 0 Å². The summed E-state index contributed by atoms with van der Waals surface area (Å²) >= 11 is 5.91. The average Bonchev–Trinajstić information content (AvgIpc) is 2.52. The van der Waals surface area contributed by atoms with Crippen LogP contribution in [0.4, 0.5) is 0 Å². The molecule has 0 saturated heterocycles. The van der Waals surface area contributed by atoms with Crippen LogP contribution in [0.25, 0.3) is 21.6 Å². The number of nitrogens with zero attached hydrogens (tertiary/aromatic N) is 4. The van der Waals surface area contributed by atoms with Crippen LogP contribution in [0.15, 0.2) is 41.5 Å². The molecule has 0 fully saturated rings. The fraction of sp³-hybridized carbons (Fsp3) is 0.353. The Balaban J connectivity index is 2.40. The van der Waals surface area contributed by atoms with Crippen LogP contribution in [-0.4, -0.2) is 4.98 Å². The highest BCUT2D eigenvalue weighted by Crippen LogP contribution is 2.27. The van der Waals surface area contributed by atoms with Gasteiger partial charge in [0.1, 0.15) is 0 Å². The molecule has 0 amide bonds. The number of aromatic nitrogens is 1. The molecular formula is C17H19ClN4. The van der Waals surface area contributed by atoms with Gasteiger partial charge in [0, 0.05) is 10.6 Å². The van der Waals surface area contributed by atoms with Crippen molar-refractivity contribution in [2.75, 3.05) is 0 Å². The molecule has 2 rings (SSSR count). The van der Waals surface area contributed by atoms with Crippen LogP contribution < -0.4 is 0 Å². The van der Waals surface area contributed by atoms with E-state index >= 15 is 0 Å². The fourth-order valence-corrected chi connectivity index (χ4v) is 2.37. The Bertz CT molecular complexity index is 696. The molecule has 0 unspecified atom stereocenters. The van der Waals surface area contributed by atoms with E-state index in [-0.39, 0.29) is 12.0 Å². The number of hydrogen-bond donors (Lipinski definition) is 0. The smallest absolute Gasteiger partial charge is 0.0684 e. The summed E-state index contributed by atoms with van der Waals surface area (Å²) in [6.07, 6.45) is 0. The van der Waals surface area contributed by atoms with Crippen molar-refractivity contribution in [3.8, 4) is 11.1 Å². The topological polar surface area (TPSA) is 61.7 Å². The summed E-state index contributed by atoms with van der Waals surface area (Å²) < 4.78 is 0. The van der Waals surface area contributed by atoms with E-state index in [9.17, 15) is 0 Å². The van der Waals surface area contributed by atoms with Gasteiger partial charge in [-0.15, -0.1) is 11.6 Å². The van der Waals surface area contributed by atoms with Gasteiger partial charge in [-0.1, -0.05) is 50.2 Å². The summed E-state index contributed by atoms with van der Waals surface area (Å²) in [5.74, 6) is 0.331. The van der Waals surface area contributed by atoms with Gasteiger partial charge in [0.2, 0.25) is 0 Å². The van der Waals surface area contributed by atoms with E-state index in [1.165, 1.54) is 5.56 Å². The van der Waals surface area contributed by atoms with Crippen LogP contribution >= 0.6 is 11.6 Å². The van der Waals surface area contributed by atoms with Crippen LogP contribution in [0.5, 0.6) is 0 Å². The van der Waals surface area contributed by atoms with E-state index in [2.05, 4.69) is 60.0 Å². The minimum atomic E-state index is 0.130. The maximum atomic E-state index is 8.45. The number of benzene rings is 1. The number of azide groups is 1. The fourth-order valence-electron chi connectivity index (χ4n) is 2.23. The van der Waals surface area contributed by atoms with Gasteiger partial charge in [0.25, 0.3) is 0 Å². The van der Waals surface area contributed by atoms with Crippen molar-refractivity contribution in [3.05, 3.63) is 63.8 Å². The molecule has 5 heteroatoms. The van der Waals surface area contributed by atoms with E-state index < -0.39 is 0 Å². The Kier molecular flexibility index (Phi) is 5.07. The first-order valence-corrected chi connectivity index (χ1v) is 7.65. The van der Waals surface area contributed by atoms with Gasteiger partial charge in [0.05, 0.1) is 18.1 Å². The van der Waals surface area contributed by atoms with Gasteiger partial charge in [-0.25, -0.2) is 0 Å². The van der Waals surface area contributed by atoms with Gasteiger partial charge in [-0.05, 0) is 39.8 Å². The van der Waals surface area contributed by atoms with Crippen molar-refractivity contribution in [1.82, 2.24) is 4.98 Å². The van der Waals surface area contributed by atoms with E-state index in [1.54, 1.807) is 0 Å². The second-order valence-electron chi connectivity index (χ2n) is 6.19. The third-order valence-corrected chi connectivity index (χ3v) is 3.72. The molecule has 0 N–H and O–H groups in total. The molecule has 2 aromatic rings. The first-order valence-electron chi connectivity index (χ1n) is 7.11. The molecule has 1 heterocycles. The second-order valence-corrected chi connectivity index (χ2v) is 6.46. The average molecular weight is 315 g/mol. The summed E-state index contributed by atoms with van der Waals surface area (Å²) in [6.45, 7) is 6.81. The van der Waals surface area contributed by atoms with Crippen molar-refractivity contribution in [3.63, 3.8) is 0 Å². The third-order valence-electron chi connectivity index (χ3n) is 3.45. The number of halogens is 1. The standard InChI is InChI=1S/C17H19ClN4/c1-17(2,3)14-6-4-12(5-7-14)13-8-15(10-18)21-16(9-13)11-20-22-19/h4-9H,10-11H2,1-3H3. The van der Waals surface area contributed by atoms with Crippen molar-refractivity contribution in [2.45, 2.75) is 38.6 Å². The Labute approximate surface area is 135 Å². The van der Waals surface area contributed by atoms with Crippen LogP contribution in [0.2, 0.25) is 0 Å². The molecule has 0 aliphatic carbocycles. The van der Waals surface area contributed by atoms with E-state index in [0.29, 0.717) is 5.88 Å². The first-order chi connectivity index (χ1) is 10.4. The lowest BCUT2D eigenvalue weighted by molar-refractivity contribution is 0.590. The maximum absolute atomic E-state index is 8.45. The molecule has 0 saturated carbocycles. The first kappa shape index (κ1) is 16.3. The largest absolute Gasteiger partial charge is 0.256 e. The zero-order valence-corrected chi connectivity index (χ0v) is 13.8. The van der Waals surface area contributed by atoms with Crippen LogP contribution in [-0.2, 0) is 17.8 Å². The number of alkyl halides is 1. The predicted molar refractivity (Wildman–Crippen MR) is 90.8 cm³/mol. The molecular weight excluding hydrogens is 296 g/mol. The summed E-state index contributed by atoms with van der Waals surface area (Å²) in [5, 5.41) is 3.57. The minimum absolute atomic E-state index is 0.130. The molecule has 0 bridgehead atoms. The van der Waals surface area contributed by atoms with Crippen molar-refractivity contribution >= 4 is 11.6 Å². The Morgan fingerprint density at radius 3 is 2.27 bits per heavy atom. The Hall–Kier alpha value is -2.03. The lowest BCUT2D eigenvalue weighted by atomic mass is 9.86. The normalized spacial score (nSPS) is 11.1. The zero-order chi connectivity index (χ0) is 16.2. The Morgan fingerprint density at radius 2 is 1.73 bits per heavy atom. The minimum Gasteiger partial charge on any atom is -0.256 e. The van der Waals surface area contributed by atoms with Gasteiger partial charge in [0.15, 0.2) is 0 Å². The predicted octanol–water partition coefficient (Wildman–Crippen LogP) is 5.60. The van der Waals surface area contributed by atoms with E-state index in [4.69, 9.17) is 17.1 Å². The van der Waals surface area contributed by atoms with Crippen molar-refractivity contribution < 1.29 is 0 Å². The highest BCUT2D eigenvalue weighted by Gasteiger charge is 2.13. The molecule has 4 nitrogen and oxygen atoms in total. The summed E-state index contributed by atoms with van der Waals surface area (Å²) in [6, 6.07) is 12.4. The van der Waals surface area contributed by atoms with E-state index in [0.717, 1.165) is 22.5 Å². The van der Waals surface area contributed by atoms with Gasteiger partial charge >= 0.3 is 0 Å². The van der Waals surface area contributed by atoms with Gasteiger partial charge in [-0.2, -0.15) is 0 Å². The lowest BCUT2D eigenvalue weighted by Crippen LogP contribution is -2.10. The third kappa shape index (κ3) is 4.00. The van der Waals surface area contributed by atoms with Crippen LogP contribution in [0.1, 0.15) is 37.7 Å². The van der Waals surface area contributed by atoms with Crippen LogP contribution in [0.3, 0.4) is 0 Å². The van der Waals surface area contributed by atoms with Crippen LogP contribution in [0, 0.1) is 0 Å². The molecule has 0 spiro atoms. The SMILES string of the molecule is CC(C)(C)c1ccc(-c2cc(CCl)nc(CN=[N+]=[N-])c2)cc1. The molecule has 0 radical (unpaired) electrons. The zero-order valence-electron chi connectivity index (χ0n) is 13.0. The van der Waals surface area contributed by atoms with Crippen molar-refractivity contribution in [2.24, 2.45) is 5.11 Å². The molecule has 0 aliphatic rings. The number of rotatable bonds is 4. The highest BCUT2D eigenvalue weighted by atomic mass is 35.5.